The largest absolute Gasteiger partial charge is 0.416 e. The molecule has 2 amide bonds. The molecule has 1 atom stereocenters. The van der Waals surface area contributed by atoms with Crippen molar-refractivity contribution in [1.29, 1.82) is 0 Å². The maximum absolute atomic E-state index is 13.3. The van der Waals surface area contributed by atoms with Gasteiger partial charge in [-0.25, -0.2) is 5.01 Å². The minimum absolute atomic E-state index is 0.140. The molecule has 0 saturated carbocycles. The molecule has 1 heterocycles. The van der Waals surface area contributed by atoms with E-state index >= 15 is 0 Å². The molecular weight excluding hydrogens is 397 g/mol. The normalized spacial score (nSPS) is 15.3. The molecule has 2 aromatic carbocycles. The van der Waals surface area contributed by atoms with Gasteiger partial charge in [-0.3, -0.25) is 14.6 Å². The highest BCUT2D eigenvalue weighted by Crippen LogP contribution is 2.37. The minimum atomic E-state index is -4.47. The van der Waals surface area contributed by atoms with Crippen molar-refractivity contribution in [3.63, 3.8) is 0 Å². The van der Waals surface area contributed by atoms with Gasteiger partial charge in [0.05, 0.1) is 22.9 Å². The number of primary amides is 1. The zero-order valence-electron chi connectivity index (χ0n) is 16.6. The first-order valence-corrected chi connectivity index (χ1v) is 9.49. The van der Waals surface area contributed by atoms with Gasteiger partial charge in [0, 0.05) is 0 Å². The number of carbonyl (C=O) groups is 2. The Morgan fingerprint density at radius 2 is 1.83 bits per heavy atom. The van der Waals surface area contributed by atoms with Crippen LogP contribution in [0.2, 0.25) is 0 Å². The third-order valence-corrected chi connectivity index (χ3v) is 4.79. The zero-order valence-corrected chi connectivity index (χ0v) is 16.6. The maximum atomic E-state index is 13.3. The predicted octanol–water partition coefficient (Wildman–Crippen LogP) is 3.66. The van der Waals surface area contributed by atoms with Crippen LogP contribution < -0.4 is 16.3 Å². The van der Waals surface area contributed by atoms with E-state index in [2.05, 4.69) is 5.53 Å². The fourth-order valence-corrected chi connectivity index (χ4v) is 3.50. The molecule has 9 heteroatoms. The number of benzene rings is 2. The van der Waals surface area contributed by atoms with E-state index in [1.54, 1.807) is 35.3 Å². The number of amides is 2. The van der Waals surface area contributed by atoms with E-state index in [-0.39, 0.29) is 12.5 Å². The first-order chi connectivity index (χ1) is 14.1. The Labute approximate surface area is 172 Å². The number of rotatable bonds is 6. The van der Waals surface area contributed by atoms with E-state index < -0.39 is 29.6 Å². The Kier molecular flexibility index (Phi) is 6.02. The molecule has 0 saturated heterocycles. The predicted molar refractivity (Wildman–Crippen MR) is 106 cm³/mol. The molecule has 3 rings (SSSR count). The van der Waals surface area contributed by atoms with E-state index in [9.17, 15) is 22.8 Å². The van der Waals surface area contributed by atoms with Gasteiger partial charge in [0.2, 0.25) is 5.91 Å². The molecule has 3 N–H and O–H groups in total. The topological polar surface area (TPSA) is 78.7 Å². The summed E-state index contributed by atoms with van der Waals surface area (Å²) in [5, 5.41) is 2.71. The number of anilines is 1. The smallest absolute Gasteiger partial charge is 0.368 e. The van der Waals surface area contributed by atoms with Crippen molar-refractivity contribution in [2.75, 3.05) is 11.6 Å². The van der Waals surface area contributed by atoms with E-state index in [0.29, 0.717) is 23.2 Å². The average Bonchev–Trinajstić information content (AvgIpc) is 2.67. The molecule has 1 aliphatic heterocycles. The van der Waals surface area contributed by atoms with E-state index in [1.165, 1.54) is 6.07 Å². The Bertz CT molecular complexity index is 946. The summed E-state index contributed by atoms with van der Waals surface area (Å²) < 4.78 is 39.9. The molecule has 160 valence electrons. The summed E-state index contributed by atoms with van der Waals surface area (Å²) in [6.45, 7) is 3.55. The summed E-state index contributed by atoms with van der Waals surface area (Å²) in [5.74, 6) is -1.01. The van der Waals surface area contributed by atoms with Crippen LogP contribution in [0, 0.1) is 5.92 Å². The standard InChI is InChI=1S/C21H23F3N4O2/c1-13(2)10-18(14-6-5-7-15(11-14)21(22,23)24)28-17-9-4-3-8-16(17)20(30)27(26-28)12-19(25)29/h3-9,11,13,18,26H,10,12H2,1-2H3,(H2,25,29). The number of hydrogen-bond donors (Lipinski definition) is 2. The quantitative estimate of drug-likeness (QED) is 0.748. The van der Waals surface area contributed by atoms with Gasteiger partial charge >= 0.3 is 6.18 Å². The summed E-state index contributed by atoms with van der Waals surface area (Å²) in [5.41, 5.74) is 8.70. The van der Waals surface area contributed by atoms with Gasteiger partial charge in [0.25, 0.3) is 5.91 Å². The molecule has 0 fully saturated rings. The van der Waals surface area contributed by atoms with Crippen molar-refractivity contribution < 1.29 is 22.8 Å². The number of fused-ring (bicyclic) bond motifs is 1. The van der Waals surface area contributed by atoms with Crippen molar-refractivity contribution >= 4 is 17.5 Å². The van der Waals surface area contributed by atoms with Crippen molar-refractivity contribution in [1.82, 2.24) is 10.5 Å². The molecule has 30 heavy (non-hydrogen) atoms. The lowest BCUT2D eigenvalue weighted by Gasteiger charge is -2.43. The summed E-state index contributed by atoms with van der Waals surface area (Å²) >= 11 is 0. The minimum Gasteiger partial charge on any atom is -0.368 e. The molecule has 0 bridgehead atoms. The Morgan fingerprint density at radius 1 is 1.13 bits per heavy atom. The number of nitrogens with one attached hydrogen (secondary N) is 1. The lowest BCUT2D eigenvalue weighted by molar-refractivity contribution is -0.137. The number of para-hydroxylation sites is 1. The second-order valence-electron chi connectivity index (χ2n) is 7.61. The van der Waals surface area contributed by atoms with Crippen molar-refractivity contribution in [3.05, 3.63) is 65.2 Å². The number of hydrazine groups is 2. The third-order valence-electron chi connectivity index (χ3n) is 4.79. The number of carbonyl (C=O) groups excluding carboxylic acids is 2. The van der Waals surface area contributed by atoms with Crippen LogP contribution in [0.4, 0.5) is 18.9 Å². The molecule has 1 aliphatic rings. The van der Waals surface area contributed by atoms with Crippen molar-refractivity contribution in [2.45, 2.75) is 32.5 Å². The van der Waals surface area contributed by atoms with Crippen LogP contribution in [0.1, 0.15) is 47.8 Å². The van der Waals surface area contributed by atoms with E-state index in [0.717, 1.165) is 17.1 Å². The van der Waals surface area contributed by atoms with Gasteiger partial charge in [-0.05, 0) is 42.2 Å². The second kappa shape index (κ2) is 8.35. The number of hydrogen-bond acceptors (Lipinski definition) is 4. The molecule has 6 nitrogen and oxygen atoms in total. The first-order valence-electron chi connectivity index (χ1n) is 9.49. The van der Waals surface area contributed by atoms with E-state index in [4.69, 9.17) is 5.73 Å². The highest BCUT2D eigenvalue weighted by molar-refractivity contribution is 6.02. The van der Waals surface area contributed by atoms with Gasteiger partial charge in [-0.15, -0.1) is 5.53 Å². The van der Waals surface area contributed by atoms with Crippen LogP contribution >= 0.6 is 0 Å². The van der Waals surface area contributed by atoms with Crippen LogP contribution in [-0.4, -0.2) is 23.4 Å². The van der Waals surface area contributed by atoms with Gasteiger partial charge in [-0.1, -0.05) is 38.1 Å². The third kappa shape index (κ3) is 4.56. The lowest BCUT2D eigenvalue weighted by Crippen LogP contribution is -2.59. The Morgan fingerprint density at radius 3 is 2.47 bits per heavy atom. The van der Waals surface area contributed by atoms with Crippen LogP contribution in [0.15, 0.2) is 48.5 Å². The summed E-state index contributed by atoms with van der Waals surface area (Å²) in [4.78, 5) is 24.2. The van der Waals surface area contributed by atoms with Crippen molar-refractivity contribution in [2.24, 2.45) is 11.7 Å². The molecule has 1 unspecified atom stereocenters. The van der Waals surface area contributed by atoms with Crippen LogP contribution in [0.5, 0.6) is 0 Å². The molecule has 2 aromatic rings. The maximum Gasteiger partial charge on any atom is 0.416 e. The monoisotopic (exact) mass is 420 g/mol. The summed E-state index contributed by atoms with van der Waals surface area (Å²) in [6.07, 6.45) is -3.97. The fourth-order valence-electron chi connectivity index (χ4n) is 3.50. The molecule has 0 aliphatic carbocycles. The van der Waals surface area contributed by atoms with E-state index in [1.807, 2.05) is 13.8 Å². The fraction of sp³-hybridized carbons (Fsp3) is 0.333. The SMILES string of the molecule is CC(C)CC(c1cccc(C(F)(F)F)c1)N1NN(CC(N)=O)C(=O)c2ccccc21. The number of nitrogens with two attached hydrogens (primary N) is 1. The summed E-state index contributed by atoms with van der Waals surface area (Å²) in [7, 11) is 0. The second-order valence-corrected chi connectivity index (χ2v) is 7.61. The lowest BCUT2D eigenvalue weighted by atomic mass is 9.94. The molecule has 0 aromatic heterocycles. The zero-order chi connectivity index (χ0) is 22.1. The number of nitrogens with zero attached hydrogens (tertiary/aromatic N) is 2. The van der Waals surface area contributed by atoms with Gasteiger partial charge in [0.1, 0.15) is 6.54 Å². The van der Waals surface area contributed by atoms with Crippen LogP contribution in [0.3, 0.4) is 0 Å². The highest BCUT2D eigenvalue weighted by atomic mass is 19.4. The Hall–Kier alpha value is -3.07. The molecule has 0 radical (unpaired) electrons. The number of alkyl halides is 3. The van der Waals surface area contributed by atoms with Crippen LogP contribution in [-0.2, 0) is 11.0 Å². The Balaban J connectivity index is 2.10. The molecular formula is C21H23F3N4O2. The van der Waals surface area contributed by atoms with Crippen LogP contribution in [0.25, 0.3) is 0 Å². The van der Waals surface area contributed by atoms with Crippen molar-refractivity contribution in [3.8, 4) is 0 Å². The molecule has 0 spiro atoms. The average molecular weight is 420 g/mol. The van der Waals surface area contributed by atoms with Gasteiger partial charge in [-0.2, -0.15) is 13.2 Å². The van der Waals surface area contributed by atoms with Gasteiger partial charge in [0.15, 0.2) is 0 Å². The highest BCUT2D eigenvalue weighted by Gasteiger charge is 2.36. The first kappa shape index (κ1) is 21.6. The van der Waals surface area contributed by atoms with Gasteiger partial charge < -0.3 is 5.73 Å². The summed E-state index contributed by atoms with van der Waals surface area (Å²) in [6, 6.07) is 11.4. The number of halogens is 3.